The molecule has 112 valence electrons. The third-order valence-corrected chi connectivity index (χ3v) is 3.18. The number of halogens is 2. The second-order valence-electron chi connectivity index (χ2n) is 4.62. The minimum atomic E-state index is -0.652. The molecule has 1 aromatic heterocycles. The standard InChI is InChI=1S/C16H18F2N2O/c1-3-9-19-15(16-12(17)7-5-10-20-16)11-6-4-8-13(21-2)14(11)18/h4-8,10,15,19H,3,9H2,1-2H3. The monoisotopic (exact) mass is 292 g/mol. The van der Waals surface area contributed by atoms with E-state index in [2.05, 4.69) is 10.3 Å². The van der Waals surface area contributed by atoms with Crippen molar-refractivity contribution in [1.82, 2.24) is 10.3 Å². The minimum absolute atomic E-state index is 0.132. The van der Waals surface area contributed by atoms with Crippen LogP contribution in [0.2, 0.25) is 0 Å². The van der Waals surface area contributed by atoms with Gasteiger partial charge in [-0.3, -0.25) is 4.98 Å². The molecule has 0 saturated carbocycles. The van der Waals surface area contributed by atoms with Crippen molar-refractivity contribution < 1.29 is 13.5 Å². The lowest BCUT2D eigenvalue weighted by Crippen LogP contribution is -2.26. The van der Waals surface area contributed by atoms with Crippen molar-refractivity contribution in [3.8, 4) is 5.75 Å². The molecule has 0 radical (unpaired) electrons. The summed E-state index contributed by atoms with van der Waals surface area (Å²) in [4.78, 5) is 4.06. The molecule has 3 nitrogen and oxygen atoms in total. The van der Waals surface area contributed by atoms with Gasteiger partial charge in [-0.05, 0) is 31.2 Å². The Morgan fingerprint density at radius 3 is 2.71 bits per heavy atom. The van der Waals surface area contributed by atoms with Crippen molar-refractivity contribution in [3.63, 3.8) is 0 Å². The molecule has 0 aliphatic rings. The SMILES string of the molecule is CCCNC(c1cccc(OC)c1F)c1ncccc1F. The number of aromatic nitrogens is 1. The summed E-state index contributed by atoms with van der Waals surface area (Å²) in [6.07, 6.45) is 2.34. The molecule has 1 unspecified atom stereocenters. The van der Waals surface area contributed by atoms with Gasteiger partial charge in [-0.15, -0.1) is 0 Å². The number of nitrogens with one attached hydrogen (secondary N) is 1. The summed E-state index contributed by atoms with van der Waals surface area (Å²) in [6, 6.07) is 7.00. The number of benzene rings is 1. The summed E-state index contributed by atoms with van der Waals surface area (Å²) in [5.74, 6) is -0.834. The molecular formula is C16H18F2N2O. The van der Waals surface area contributed by atoms with Crippen molar-refractivity contribution in [3.05, 3.63) is 59.4 Å². The molecule has 1 heterocycles. The largest absolute Gasteiger partial charge is 0.494 e. The van der Waals surface area contributed by atoms with Gasteiger partial charge in [0.05, 0.1) is 18.8 Å². The Morgan fingerprint density at radius 1 is 1.24 bits per heavy atom. The molecular weight excluding hydrogens is 274 g/mol. The number of nitrogens with zero attached hydrogens (tertiary/aromatic N) is 1. The van der Waals surface area contributed by atoms with E-state index >= 15 is 0 Å². The van der Waals surface area contributed by atoms with E-state index in [-0.39, 0.29) is 11.4 Å². The molecule has 2 rings (SSSR count). The zero-order valence-corrected chi connectivity index (χ0v) is 12.1. The van der Waals surface area contributed by atoms with E-state index in [1.807, 2.05) is 6.92 Å². The average Bonchev–Trinajstić information content (AvgIpc) is 2.50. The summed E-state index contributed by atoms with van der Waals surface area (Å²) in [7, 11) is 1.40. The summed E-state index contributed by atoms with van der Waals surface area (Å²) >= 11 is 0. The normalized spacial score (nSPS) is 12.2. The van der Waals surface area contributed by atoms with E-state index in [4.69, 9.17) is 4.74 Å². The molecule has 2 aromatic rings. The third kappa shape index (κ3) is 3.36. The maximum atomic E-state index is 14.5. The molecule has 0 aliphatic carbocycles. The number of rotatable bonds is 6. The first-order valence-electron chi connectivity index (χ1n) is 6.85. The summed E-state index contributed by atoms with van der Waals surface area (Å²) in [5, 5.41) is 3.14. The number of ether oxygens (including phenoxy) is 1. The van der Waals surface area contributed by atoms with Crippen LogP contribution in [0.3, 0.4) is 0 Å². The molecule has 0 bridgehead atoms. The molecule has 0 fully saturated rings. The van der Waals surface area contributed by atoms with Crippen LogP contribution in [0.25, 0.3) is 0 Å². The van der Waals surface area contributed by atoms with Gasteiger partial charge in [0.2, 0.25) is 0 Å². The quantitative estimate of drug-likeness (QED) is 0.885. The zero-order chi connectivity index (χ0) is 15.2. The molecule has 0 saturated heterocycles. The van der Waals surface area contributed by atoms with Crippen LogP contribution in [0.5, 0.6) is 5.75 Å². The second kappa shape index (κ2) is 7.13. The maximum Gasteiger partial charge on any atom is 0.170 e. The Bertz CT molecular complexity index is 605. The van der Waals surface area contributed by atoms with Crippen molar-refractivity contribution in [1.29, 1.82) is 0 Å². The molecule has 1 aromatic carbocycles. The van der Waals surface area contributed by atoms with Gasteiger partial charge >= 0.3 is 0 Å². The fourth-order valence-corrected chi connectivity index (χ4v) is 2.16. The maximum absolute atomic E-state index is 14.5. The first-order chi connectivity index (χ1) is 10.2. The Labute approximate surface area is 123 Å². The lowest BCUT2D eigenvalue weighted by Gasteiger charge is -2.20. The van der Waals surface area contributed by atoms with Gasteiger partial charge in [0.25, 0.3) is 0 Å². The van der Waals surface area contributed by atoms with Gasteiger partial charge in [0.15, 0.2) is 11.6 Å². The zero-order valence-electron chi connectivity index (χ0n) is 12.1. The number of hydrogen-bond donors (Lipinski definition) is 1. The predicted molar refractivity (Wildman–Crippen MR) is 77.3 cm³/mol. The highest BCUT2D eigenvalue weighted by Crippen LogP contribution is 2.29. The first-order valence-corrected chi connectivity index (χ1v) is 6.85. The van der Waals surface area contributed by atoms with Crippen LogP contribution >= 0.6 is 0 Å². The van der Waals surface area contributed by atoms with Crippen molar-refractivity contribution in [2.75, 3.05) is 13.7 Å². The van der Waals surface area contributed by atoms with E-state index < -0.39 is 17.7 Å². The highest BCUT2D eigenvalue weighted by molar-refractivity contribution is 5.37. The molecule has 1 N–H and O–H groups in total. The molecule has 5 heteroatoms. The molecule has 0 amide bonds. The van der Waals surface area contributed by atoms with Crippen LogP contribution in [-0.2, 0) is 0 Å². The number of methoxy groups -OCH3 is 1. The van der Waals surface area contributed by atoms with Crippen molar-refractivity contribution in [2.45, 2.75) is 19.4 Å². The molecule has 1 atom stereocenters. The Balaban J connectivity index is 2.48. The van der Waals surface area contributed by atoms with Gasteiger partial charge in [-0.25, -0.2) is 8.78 Å². The van der Waals surface area contributed by atoms with Crippen molar-refractivity contribution >= 4 is 0 Å². The fraction of sp³-hybridized carbons (Fsp3) is 0.312. The lowest BCUT2D eigenvalue weighted by molar-refractivity contribution is 0.380. The molecule has 21 heavy (non-hydrogen) atoms. The highest BCUT2D eigenvalue weighted by Gasteiger charge is 2.23. The van der Waals surface area contributed by atoms with Gasteiger partial charge in [0.1, 0.15) is 5.82 Å². The van der Waals surface area contributed by atoms with E-state index in [9.17, 15) is 8.78 Å². The smallest absolute Gasteiger partial charge is 0.170 e. The third-order valence-electron chi connectivity index (χ3n) is 3.18. The topological polar surface area (TPSA) is 34.1 Å². The Kier molecular flexibility index (Phi) is 5.22. The number of pyridine rings is 1. The predicted octanol–water partition coefficient (Wildman–Crippen LogP) is 3.46. The van der Waals surface area contributed by atoms with Crippen LogP contribution < -0.4 is 10.1 Å². The fourth-order valence-electron chi connectivity index (χ4n) is 2.16. The minimum Gasteiger partial charge on any atom is -0.494 e. The average molecular weight is 292 g/mol. The second-order valence-corrected chi connectivity index (χ2v) is 4.62. The number of hydrogen-bond acceptors (Lipinski definition) is 3. The summed E-state index contributed by atoms with van der Waals surface area (Å²) in [5.41, 5.74) is 0.499. The first kappa shape index (κ1) is 15.4. The van der Waals surface area contributed by atoms with Gasteiger partial charge in [-0.2, -0.15) is 0 Å². The van der Waals surface area contributed by atoms with Gasteiger partial charge in [0, 0.05) is 11.8 Å². The van der Waals surface area contributed by atoms with E-state index in [1.165, 1.54) is 31.5 Å². The van der Waals surface area contributed by atoms with Gasteiger partial charge < -0.3 is 10.1 Å². The summed E-state index contributed by atoms with van der Waals surface area (Å²) in [6.45, 7) is 2.61. The Morgan fingerprint density at radius 2 is 2.05 bits per heavy atom. The van der Waals surface area contributed by atoms with Gasteiger partial charge in [-0.1, -0.05) is 19.1 Å². The van der Waals surface area contributed by atoms with Crippen molar-refractivity contribution in [2.24, 2.45) is 0 Å². The van der Waals surface area contributed by atoms with Crippen LogP contribution in [-0.4, -0.2) is 18.6 Å². The Hall–Kier alpha value is -2.01. The summed E-state index contributed by atoms with van der Waals surface area (Å²) < 4.78 is 33.5. The van der Waals surface area contributed by atoms with Crippen LogP contribution in [0.1, 0.15) is 30.6 Å². The molecule has 0 spiro atoms. The van der Waals surface area contributed by atoms with E-state index in [1.54, 1.807) is 12.1 Å². The van der Waals surface area contributed by atoms with Crippen LogP contribution in [0.4, 0.5) is 8.78 Å². The lowest BCUT2D eigenvalue weighted by atomic mass is 10.0. The molecule has 0 aliphatic heterocycles. The van der Waals surface area contributed by atoms with E-state index in [0.29, 0.717) is 12.1 Å². The van der Waals surface area contributed by atoms with E-state index in [0.717, 1.165) is 6.42 Å². The van der Waals surface area contributed by atoms with Crippen LogP contribution in [0.15, 0.2) is 36.5 Å². The van der Waals surface area contributed by atoms with Crippen LogP contribution in [0, 0.1) is 11.6 Å². The highest BCUT2D eigenvalue weighted by atomic mass is 19.1.